The zero-order chi connectivity index (χ0) is 13.2. The Hall–Kier alpha value is -0.540. The highest BCUT2D eigenvalue weighted by Crippen LogP contribution is 2.40. The van der Waals surface area contributed by atoms with Crippen LogP contribution in [0, 0.1) is 11.8 Å². The molecule has 0 radical (unpaired) electrons. The van der Waals surface area contributed by atoms with Gasteiger partial charge in [-0.2, -0.15) is 0 Å². The number of hydrogen-bond donors (Lipinski definition) is 2. The van der Waals surface area contributed by atoms with Crippen LogP contribution in [0.15, 0.2) is 28.7 Å². The van der Waals surface area contributed by atoms with E-state index in [0.29, 0.717) is 12.5 Å². The minimum absolute atomic E-state index is 0.0432. The van der Waals surface area contributed by atoms with E-state index in [1.807, 2.05) is 6.07 Å². The quantitative estimate of drug-likeness (QED) is 0.885. The first-order valence-corrected chi connectivity index (χ1v) is 7.61. The molecule has 1 fully saturated rings. The largest absolute Gasteiger partial charge is 0.377 e. The molecule has 3 unspecified atom stereocenters. The van der Waals surface area contributed by atoms with Crippen molar-refractivity contribution in [3.05, 3.63) is 28.7 Å². The topological polar surface area (TPSA) is 38.0 Å². The van der Waals surface area contributed by atoms with Crippen LogP contribution in [0.5, 0.6) is 0 Å². The van der Waals surface area contributed by atoms with Crippen LogP contribution in [0.1, 0.15) is 33.1 Å². The molecule has 0 aromatic heterocycles. The number of anilines is 1. The molecule has 1 saturated carbocycles. The third-order valence-corrected chi connectivity index (χ3v) is 5.32. The third-order valence-electron chi connectivity index (χ3n) is 4.63. The fourth-order valence-electron chi connectivity index (χ4n) is 3.11. The lowest BCUT2D eigenvalue weighted by Crippen LogP contribution is -2.54. The molecule has 0 amide bonds. The van der Waals surface area contributed by atoms with Gasteiger partial charge in [-0.25, -0.2) is 0 Å². The predicted molar refractivity (Wildman–Crippen MR) is 81.7 cm³/mol. The minimum atomic E-state index is 0.0432. The summed E-state index contributed by atoms with van der Waals surface area (Å²) < 4.78 is 1.11. The molecule has 1 aliphatic carbocycles. The van der Waals surface area contributed by atoms with Crippen LogP contribution >= 0.6 is 15.9 Å². The van der Waals surface area contributed by atoms with Crippen LogP contribution in [0.3, 0.4) is 0 Å². The lowest BCUT2D eigenvalue weighted by Gasteiger charge is -2.46. The fraction of sp³-hybridized carbons (Fsp3) is 0.600. The van der Waals surface area contributed by atoms with Gasteiger partial charge in [-0.1, -0.05) is 38.8 Å². The first kappa shape index (κ1) is 13.9. The summed E-state index contributed by atoms with van der Waals surface area (Å²) in [6.45, 7) is 5.37. The summed E-state index contributed by atoms with van der Waals surface area (Å²) in [5, 5.41) is 3.72. The van der Waals surface area contributed by atoms with Crippen molar-refractivity contribution >= 4 is 21.6 Å². The van der Waals surface area contributed by atoms with Gasteiger partial charge in [-0.3, -0.25) is 0 Å². The van der Waals surface area contributed by atoms with Gasteiger partial charge in [-0.15, -0.1) is 0 Å². The molecule has 0 spiro atoms. The Morgan fingerprint density at radius 3 is 2.78 bits per heavy atom. The number of rotatable bonds is 3. The molecule has 3 atom stereocenters. The lowest BCUT2D eigenvalue weighted by atomic mass is 9.68. The highest BCUT2D eigenvalue weighted by atomic mass is 79.9. The van der Waals surface area contributed by atoms with Crippen LogP contribution in [-0.2, 0) is 0 Å². The Bertz CT molecular complexity index is 407. The standard InChI is InChI=1S/C15H23BrN2/c1-11-6-5-9-15(10-17,12(11)2)18-14-8-4-3-7-13(14)16/h3-4,7-8,11-12,18H,5-6,9-10,17H2,1-2H3. The molecule has 2 nitrogen and oxygen atoms in total. The van der Waals surface area contributed by atoms with Gasteiger partial charge in [0.25, 0.3) is 0 Å². The molecular weight excluding hydrogens is 288 g/mol. The Kier molecular flexibility index (Phi) is 4.33. The van der Waals surface area contributed by atoms with Gasteiger partial charge in [0.15, 0.2) is 0 Å². The van der Waals surface area contributed by atoms with E-state index in [1.165, 1.54) is 12.8 Å². The number of para-hydroxylation sites is 1. The van der Waals surface area contributed by atoms with Gasteiger partial charge >= 0.3 is 0 Å². The number of nitrogens with two attached hydrogens (primary N) is 1. The van der Waals surface area contributed by atoms with Crippen LogP contribution < -0.4 is 11.1 Å². The first-order valence-electron chi connectivity index (χ1n) is 6.82. The van der Waals surface area contributed by atoms with Gasteiger partial charge in [-0.05, 0) is 46.3 Å². The van der Waals surface area contributed by atoms with Crippen molar-refractivity contribution < 1.29 is 0 Å². The van der Waals surface area contributed by atoms with E-state index < -0.39 is 0 Å². The molecule has 1 aliphatic rings. The lowest BCUT2D eigenvalue weighted by molar-refractivity contribution is 0.168. The minimum Gasteiger partial charge on any atom is -0.377 e. The maximum atomic E-state index is 6.11. The molecule has 3 heteroatoms. The van der Waals surface area contributed by atoms with Crippen molar-refractivity contribution in [2.24, 2.45) is 17.6 Å². The number of hydrogen-bond acceptors (Lipinski definition) is 2. The number of nitrogens with one attached hydrogen (secondary N) is 1. The molecule has 100 valence electrons. The predicted octanol–water partition coefficient (Wildman–Crippen LogP) is 4.01. The summed E-state index contributed by atoms with van der Waals surface area (Å²) >= 11 is 3.61. The first-order chi connectivity index (χ1) is 8.59. The van der Waals surface area contributed by atoms with E-state index in [1.54, 1.807) is 0 Å². The van der Waals surface area contributed by atoms with Gasteiger partial charge in [0.2, 0.25) is 0 Å². The van der Waals surface area contributed by atoms with Crippen LogP contribution in [0.25, 0.3) is 0 Å². The third kappa shape index (κ3) is 2.57. The average molecular weight is 311 g/mol. The summed E-state index contributed by atoms with van der Waals surface area (Å²) in [5.41, 5.74) is 7.31. The molecule has 18 heavy (non-hydrogen) atoms. The molecule has 0 saturated heterocycles. The van der Waals surface area contributed by atoms with Gasteiger partial charge in [0.05, 0.1) is 5.54 Å². The summed E-state index contributed by atoms with van der Waals surface area (Å²) in [5.74, 6) is 1.33. The van der Waals surface area contributed by atoms with Crippen molar-refractivity contribution in [3.8, 4) is 0 Å². The maximum Gasteiger partial charge on any atom is 0.0524 e. The molecule has 2 rings (SSSR count). The molecule has 1 aromatic carbocycles. The van der Waals surface area contributed by atoms with Crippen molar-refractivity contribution in [1.82, 2.24) is 0 Å². The van der Waals surface area contributed by atoms with Gasteiger partial charge in [0.1, 0.15) is 0 Å². The van der Waals surface area contributed by atoms with Crippen molar-refractivity contribution in [1.29, 1.82) is 0 Å². The summed E-state index contributed by atoms with van der Waals surface area (Å²) in [6.07, 6.45) is 3.75. The summed E-state index contributed by atoms with van der Waals surface area (Å²) in [6, 6.07) is 8.29. The fourth-order valence-corrected chi connectivity index (χ4v) is 3.49. The van der Waals surface area contributed by atoms with Gasteiger partial charge in [0, 0.05) is 16.7 Å². The van der Waals surface area contributed by atoms with E-state index in [2.05, 4.69) is 53.3 Å². The van der Waals surface area contributed by atoms with E-state index in [0.717, 1.165) is 22.5 Å². The Morgan fingerprint density at radius 2 is 2.11 bits per heavy atom. The maximum absolute atomic E-state index is 6.11. The van der Waals surface area contributed by atoms with E-state index in [-0.39, 0.29) is 5.54 Å². The van der Waals surface area contributed by atoms with Crippen LogP contribution in [-0.4, -0.2) is 12.1 Å². The Labute approximate surface area is 118 Å². The Balaban J connectivity index is 2.25. The molecule has 1 aromatic rings. The molecular formula is C15H23BrN2. The highest BCUT2D eigenvalue weighted by molar-refractivity contribution is 9.10. The number of halogens is 1. The van der Waals surface area contributed by atoms with Gasteiger partial charge < -0.3 is 11.1 Å². The van der Waals surface area contributed by atoms with Crippen molar-refractivity contribution in [2.45, 2.75) is 38.6 Å². The zero-order valence-electron chi connectivity index (χ0n) is 11.2. The molecule has 3 N–H and O–H groups in total. The average Bonchev–Trinajstić information content (AvgIpc) is 2.38. The second-order valence-electron chi connectivity index (χ2n) is 5.62. The zero-order valence-corrected chi connectivity index (χ0v) is 12.8. The van der Waals surface area contributed by atoms with E-state index in [4.69, 9.17) is 5.73 Å². The van der Waals surface area contributed by atoms with Crippen LogP contribution in [0.2, 0.25) is 0 Å². The second-order valence-corrected chi connectivity index (χ2v) is 6.48. The highest BCUT2D eigenvalue weighted by Gasteiger charge is 2.40. The molecule has 0 bridgehead atoms. The van der Waals surface area contributed by atoms with Crippen LogP contribution in [0.4, 0.5) is 5.69 Å². The molecule has 0 heterocycles. The van der Waals surface area contributed by atoms with Crippen molar-refractivity contribution in [2.75, 3.05) is 11.9 Å². The van der Waals surface area contributed by atoms with E-state index in [9.17, 15) is 0 Å². The SMILES string of the molecule is CC1CCCC(CN)(Nc2ccccc2Br)C1C. The monoisotopic (exact) mass is 310 g/mol. The number of benzene rings is 1. The smallest absolute Gasteiger partial charge is 0.0524 e. The molecule has 0 aliphatic heterocycles. The normalized spacial score (nSPS) is 32.2. The Morgan fingerprint density at radius 1 is 1.39 bits per heavy atom. The summed E-state index contributed by atoms with van der Waals surface area (Å²) in [4.78, 5) is 0. The van der Waals surface area contributed by atoms with Crippen molar-refractivity contribution in [3.63, 3.8) is 0 Å². The second kappa shape index (κ2) is 5.62. The summed E-state index contributed by atoms with van der Waals surface area (Å²) in [7, 11) is 0. The van der Waals surface area contributed by atoms with E-state index >= 15 is 0 Å².